The Morgan fingerprint density at radius 2 is 2.32 bits per heavy atom. The zero-order valence-corrected chi connectivity index (χ0v) is 10.4. The summed E-state index contributed by atoms with van der Waals surface area (Å²) in [6.07, 6.45) is 5.75. The van der Waals surface area contributed by atoms with Gasteiger partial charge in [-0.3, -0.25) is 15.1 Å². The van der Waals surface area contributed by atoms with E-state index in [2.05, 4.69) is 10.3 Å². The minimum Gasteiger partial charge on any atom is -0.381 e. The molecule has 1 unspecified atom stereocenters. The van der Waals surface area contributed by atoms with Crippen LogP contribution in [0.1, 0.15) is 12.0 Å². The first-order valence-electron chi connectivity index (χ1n) is 6.34. The first-order chi connectivity index (χ1) is 9.25. The Balaban J connectivity index is 1.85. The van der Waals surface area contributed by atoms with Crippen LogP contribution in [0, 0.1) is 16.0 Å². The Labute approximate surface area is 110 Å². The number of hydrogen-bond acceptors (Lipinski definition) is 5. The van der Waals surface area contributed by atoms with Crippen molar-refractivity contribution in [3.63, 3.8) is 0 Å². The van der Waals surface area contributed by atoms with E-state index in [1.165, 1.54) is 6.20 Å². The smallest absolute Gasteiger partial charge is 0.294 e. The maximum atomic E-state index is 11.0. The van der Waals surface area contributed by atoms with E-state index in [-0.39, 0.29) is 10.6 Å². The van der Waals surface area contributed by atoms with Crippen LogP contribution in [-0.2, 0) is 4.74 Å². The van der Waals surface area contributed by atoms with Crippen LogP contribution in [0.2, 0.25) is 0 Å². The van der Waals surface area contributed by atoms with Gasteiger partial charge in [0.15, 0.2) is 0 Å². The number of nitrogens with zero attached hydrogens (tertiary/aromatic N) is 2. The van der Waals surface area contributed by atoms with E-state index < -0.39 is 0 Å². The van der Waals surface area contributed by atoms with Crippen molar-refractivity contribution in [2.24, 2.45) is 5.92 Å². The second-order valence-corrected chi connectivity index (χ2v) is 4.90. The summed E-state index contributed by atoms with van der Waals surface area (Å²) in [5, 5.41) is 14.5. The molecule has 0 amide bonds. The lowest BCUT2D eigenvalue weighted by molar-refractivity contribution is -0.385. The molecule has 2 aliphatic heterocycles. The molecule has 6 nitrogen and oxygen atoms in total. The van der Waals surface area contributed by atoms with Crippen molar-refractivity contribution in [3.05, 3.63) is 40.2 Å². The van der Waals surface area contributed by atoms with Gasteiger partial charge >= 0.3 is 0 Å². The topological polar surface area (TPSA) is 77.3 Å². The highest BCUT2D eigenvalue weighted by Crippen LogP contribution is 2.32. The summed E-state index contributed by atoms with van der Waals surface area (Å²) in [6, 6.07) is 2.07. The number of rotatable bonds is 3. The standard InChI is InChI=1S/C13H15N3O3/c17-16(18)13-6-14-3-2-11(13)9-1-4-15-12(5-9)10-7-19-8-10/h1-3,6,10,12,15H,4-5,7-8H2. The number of pyridine rings is 1. The third-order valence-corrected chi connectivity index (χ3v) is 3.74. The summed E-state index contributed by atoms with van der Waals surface area (Å²) >= 11 is 0. The molecule has 1 N–H and O–H groups in total. The molecule has 3 heterocycles. The number of nitrogens with one attached hydrogen (secondary N) is 1. The third-order valence-electron chi connectivity index (χ3n) is 3.74. The maximum Gasteiger partial charge on any atom is 0.294 e. The fourth-order valence-corrected chi connectivity index (χ4v) is 2.57. The second-order valence-electron chi connectivity index (χ2n) is 4.90. The molecule has 3 rings (SSSR count). The predicted octanol–water partition coefficient (Wildman–Crippen LogP) is 1.38. The molecule has 0 aromatic carbocycles. The molecule has 0 saturated carbocycles. The SMILES string of the molecule is O=[N+]([O-])c1cnccc1C1=CCNC(C2COC2)C1. The number of aromatic nitrogens is 1. The van der Waals surface area contributed by atoms with Gasteiger partial charge in [-0.25, -0.2) is 0 Å². The largest absolute Gasteiger partial charge is 0.381 e. The van der Waals surface area contributed by atoms with Crippen molar-refractivity contribution in [1.29, 1.82) is 0 Å². The molecule has 1 aromatic heterocycles. The molecule has 100 valence electrons. The normalized spacial score (nSPS) is 23.6. The summed E-state index contributed by atoms with van der Waals surface area (Å²) in [5.41, 5.74) is 1.80. The highest BCUT2D eigenvalue weighted by atomic mass is 16.6. The molecule has 0 radical (unpaired) electrons. The lowest BCUT2D eigenvalue weighted by atomic mass is 9.87. The summed E-state index contributed by atoms with van der Waals surface area (Å²) in [4.78, 5) is 14.5. The highest BCUT2D eigenvalue weighted by molar-refractivity contribution is 5.73. The average molecular weight is 261 g/mol. The van der Waals surface area contributed by atoms with E-state index in [4.69, 9.17) is 4.74 Å². The maximum absolute atomic E-state index is 11.0. The molecule has 0 aliphatic carbocycles. The van der Waals surface area contributed by atoms with Gasteiger partial charge < -0.3 is 10.1 Å². The zero-order valence-electron chi connectivity index (χ0n) is 10.4. The van der Waals surface area contributed by atoms with Gasteiger partial charge in [0, 0.05) is 24.7 Å². The molecule has 0 bridgehead atoms. The van der Waals surface area contributed by atoms with Gasteiger partial charge in [0.25, 0.3) is 5.69 Å². The van der Waals surface area contributed by atoms with Crippen LogP contribution >= 0.6 is 0 Å². The quantitative estimate of drug-likeness (QED) is 0.657. The Hall–Kier alpha value is -1.79. The fourth-order valence-electron chi connectivity index (χ4n) is 2.57. The van der Waals surface area contributed by atoms with Crippen LogP contribution in [0.5, 0.6) is 0 Å². The van der Waals surface area contributed by atoms with Crippen LogP contribution in [0.4, 0.5) is 5.69 Å². The van der Waals surface area contributed by atoms with Gasteiger partial charge in [-0.05, 0) is 18.1 Å². The van der Waals surface area contributed by atoms with Gasteiger partial charge in [-0.15, -0.1) is 0 Å². The summed E-state index contributed by atoms with van der Waals surface area (Å²) < 4.78 is 5.21. The molecule has 0 spiro atoms. The van der Waals surface area contributed by atoms with Crippen LogP contribution in [0.25, 0.3) is 5.57 Å². The number of hydrogen-bond donors (Lipinski definition) is 1. The molecule has 1 atom stereocenters. The predicted molar refractivity (Wildman–Crippen MR) is 69.6 cm³/mol. The number of nitro groups is 1. The van der Waals surface area contributed by atoms with Crippen molar-refractivity contribution < 1.29 is 9.66 Å². The molecular formula is C13H15N3O3. The van der Waals surface area contributed by atoms with Crippen molar-refractivity contribution in [2.45, 2.75) is 12.5 Å². The Morgan fingerprint density at radius 3 is 3.00 bits per heavy atom. The fraction of sp³-hybridized carbons (Fsp3) is 0.462. The summed E-state index contributed by atoms with van der Waals surface area (Å²) in [7, 11) is 0. The molecule has 1 fully saturated rings. The molecule has 2 aliphatic rings. The van der Waals surface area contributed by atoms with Crippen LogP contribution < -0.4 is 5.32 Å². The lowest BCUT2D eigenvalue weighted by Gasteiger charge is -2.36. The minimum atomic E-state index is -0.368. The average Bonchev–Trinajstić information content (AvgIpc) is 2.37. The van der Waals surface area contributed by atoms with Gasteiger partial charge in [0.05, 0.1) is 23.7 Å². The van der Waals surface area contributed by atoms with Crippen molar-refractivity contribution in [3.8, 4) is 0 Å². The van der Waals surface area contributed by atoms with E-state index >= 15 is 0 Å². The Morgan fingerprint density at radius 1 is 1.47 bits per heavy atom. The van der Waals surface area contributed by atoms with Crippen molar-refractivity contribution in [1.82, 2.24) is 10.3 Å². The van der Waals surface area contributed by atoms with Crippen LogP contribution in [-0.4, -0.2) is 35.7 Å². The van der Waals surface area contributed by atoms with E-state index in [1.807, 2.05) is 6.08 Å². The van der Waals surface area contributed by atoms with E-state index in [9.17, 15) is 10.1 Å². The van der Waals surface area contributed by atoms with E-state index in [0.717, 1.165) is 31.8 Å². The highest BCUT2D eigenvalue weighted by Gasteiger charge is 2.31. The van der Waals surface area contributed by atoms with Gasteiger partial charge in [0.1, 0.15) is 6.20 Å². The number of ether oxygens (including phenoxy) is 1. The monoisotopic (exact) mass is 261 g/mol. The molecule has 1 aromatic rings. The minimum absolute atomic E-state index is 0.0826. The van der Waals surface area contributed by atoms with Crippen molar-refractivity contribution >= 4 is 11.3 Å². The van der Waals surface area contributed by atoms with Gasteiger partial charge in [-0.2, -0.15) is 0 Å². The summed E-state index contributed by atoms with van der Waals surface area (Å²) in [6.45, 7) is 2.31. The van der Waals surface area contributed by atoms with Gasteiger partial charge in [0.2, 0.25) is 0 Å². The van der Waals surface area contributed by atoms with E-state index in [0.29, 0.717) is 17.5 Å². The third kappa shape index (κ3) is 2.36. The first kappa shape index (κ1) is 12.3. The molecule has 19 heavy (non-hydrogen) atoms. The first-order valence-corrected chi connectivity index (χ1v) is 6.34. The Kier molecular flexibility index (Phi) is 3.27. The Bertz CT molecular complexity index is 526. The zero-order chi connectivity index (χ0) is 13.2. The van der Waals surface area contributed by atoms with Crippen LogP contribution in [0.3, 0.4) is 0 Å². The molecule has 1 saturated heterocycles. The van der Waals surface area contributed by atoms with E-state index in [1.54, 1.807) is 12.3 Å². The summed E-state index contributed by atoms with van der Waals surface area (Å²) in [5.74, 6) is 0.518. The lowest BCUT2D eigenvalue weighted by Crippen LogP contribution is -2.47. The molecule has 6 heteroatoms. The van der Waals surface area contributed by atoms with Crippen molar-refractivity contribution in [2.75, 3.05) is 19.8 Å². The molecular weight excluding hydrogens is 246 g/mol. The van der Waals surface area contributed by atoms with Crippen LogP contribution in [0.15, 0.2) is 24.5 Å². The van der Waals surface area contributed by atoms with Gasteiger partial charge in [-0.1, -0.05) is 6.08 Å². The second kappa shape index (κ2) is 5.07.